The molecular weight excluding hydrogens is 364 g/mol. The van der Waals surface area contributed by atoms with Crippen LogP contribution in [0.4, 0.5) is 16.7 Å². The van der Waals surface area contributed by atoms with Gasteiger partial charge in [-0.05, 0) is 32.8 Å². The zero-order valence-electron chi connectivity index (χ0n) is 15.7. The van der Waals surface area contributed by atoms with Crippen LogP contribution in [0.3, 0.4) is 0 Å². The van der Waals surface area contributed by atoms with Gasteiger partial charge in [0.05, 0.1) is 18.9 Å². The van der Waals surface area contributed by atoms with Crippen LogP contribution in [0.2, 0.25) is 0 Å². The molecule has 1 saturated carbocycles. The lowest BCUT2D eigenvalue weighted by Gasteiger charge is -2.11. The van der Waals surface area contributed by atoms with Gasteiger partial charge in [-0.25, -0.2) is 4.79 Å². The highest BCUT2D eigenvalue weighted by Gasteiger charge is 2.25. The molecule has 4 rings (SSSR count). The van der Waals surface area contributed by atoms with Crippen LogP contribution in [0.25, 0.3) is 11.7 Å². The molecule has 1 saturated heterocycles. The number of imide groups is 1. The average Bonchev–Trinajstić information content (AvgIpc) is 3.28. The maximum atomic E-state index is 11.8. The number of hydrogen-bond acceptors (Lipinski definition) is 8. The molecule has 2 aliphatic rings. The van der Waals surface area contributed by atoms with Crippen LogP contribution in [-0.2, 0) is 9.53 Å². The lowest BCUT2D eigenvalue weighted by atomic mass is 10.2. The van der Waals surface area contributed by atoms with E-state index in [1.54, 1.807) is 16.8 Å². The zero-order valence-corrected chi connectivity index (χ0v) is 15.7. The minimum atomic E-state index is -0.550. The number of amides is 3. The van der Waals surface area contributed by atoms with Crippen molar-refractivity contribution in [1.29, 1.82) is 0 Å². The molecule has 1 aliphatic carbocycles. The molecule has 3 amide bonds. The summed E-state index contributed by atoms with van der Waals surface area (Å²) >= 11 is 0. The summed E-state index contributed by atoms with van der Waals surface area (Å²) in [6.07, 6.45) is 5.45. The van der Waals surface area contributed by atoms with E-state index in [9.17, 15) is 9.59 Å². The van der Waals surface area contributed by atoms with Crippen molar-refractivity contribution in [3.8, 4) is 0 Å². The van der Waals surface area contributed by atoms with Crippen LogP contribution in [0.15, 0.2) is 11.9 Å². The number of ether oxygens (including phenoxy) is 1. The zero-order chi connectivity index (χ0) is 19.7. The Morgan fingerprint density at radius 2 is 2.14 bits per heavy atom. The Morgan fingerprint density at radius 1 is 1.32 bits per heavy atom. The summed E-state index contributed by atoms with van der Waals surface area (Å²) in [6.45, 7) is 5.04. The van der Waals surface area contributed by atoms with Crippen molar-refractivity contribution in [3.63, 3.8) is 0 Å². The number of anilines is 2. The quantitative estimate of drug-likeness (QED) is 0.296. The summed E-state index contributed by atoms with van der Waals surface area (Å²) in [5, 5.41) is 15.5. The Kier molecular flexibility index (Phi) is 4.82. The molecule has 11 nitrogen and oxygen atoms in total. The first-order chi connectivity index (χ1) is 13.5. The van der Waals surface area contributed by atoms with Crippen LogP contribution in [-0.4, -0.2) is 56.8 Å². The number of rotatable bonds is 8. The molecule has 11 heteroatoms. The molecule has 1 aliphatic heterocycles. The lowest BCUT2D eigenvalue weighted by Crippen LogP contribution is -2.22. The minimum Gasteiger partial charge on any atom is -0.377 e. The second-order valence-corrected chi connectivity index (χ2v) is 6.94. The van der Waals surface area contributed by atoms with Gasteiger partial charge in [0.15, 0.2) is 5.65 Å². The highest BCUT2D eigenvalue weighted by atomic mass is 16.5. The van der Waals surface area contributed by atoms with Crippen molar-refractivity contribution < 1.29 is 14.3 Å². The monoisotopic (exact) mass is 386 g/mol. The van der Waals surface area contributed by atoms with E-state index in [0.29, 0.717) is 42.3 Å². The first kappa shape index (κ1) is 18.2. The number of carbonyl (C=O) groups is 2. The summed E-state index contributed by atoms with van der Waals surface area (Å²) in [6, 6.07) is -0.174. The number of nitrogens with zero attached hydrogens (tertiary/aromatic N) is 4. The van der Waals surface area contributed by atoms with Crippen LogP contribution in [0, 0.1) is 0 Å². The highest BCUT2D eigenvalue weighted by Crippen LogP contribution is 2.25. The molecule has 3 heterocycles. The molecule has 0 radical (unpaired) electrons. The Labute approximate surface area is 160 Å². The third-order valence-electron chi connectivity index (χ3n) is 4.16. The number of urea groups is 1. The van der Waals surface area contributed by atoms with Crippen molar-refractivity contribution in [2.75, 3.05) is 23.8 Å². The second kappa shape index (κ2) is 7.43. The fourth-order valence-corrected chi connectivity index (χ4v) is 2.67. The van der Waals surface area contributed by atoms with Gasteiger partial charge in [0, 0.05) is 18.2 Å². The Hall–Kier alpha value is -3.21. The van der Waals surface area contributed by atoms with Gasteiger partial charge in [0.1, 0.15) is 5.70 Å². The maximum Gasteiger partial charge on any atom is 0.326 e. The molecule has 28 heavy (non-hydrogen) atoms. The molecule has 148 valence electrons. The van der Waals surface area contributed by atoms with Crippen molar-refractivity contribution >= 4 is 35.6 Å². The summed E-state index contributed by atoms with van der Waals surface area (Å²) in [7, 11) is 0. The molecule has 0 aromatic carbocycles. The van der Waals surface area contributed by atoms with Crippen LogP contribution >= 0.6 is 0 Å². The summed E-state index contributed by atoms with van der Waals surface area (Å²) in [5.41, 5.74) is 1.26. The van der Waals surface area contributed by atoms with E-state index >= 15 is 0 Å². The Bertz CT molecular complexity index is 947. The maximum absolute atomic E-state index is 11.8. The first-order valence-corrected chi connectivity index (χ1v) is 9.21. The number of nitrogens with one attached hydrogen (secondary N) is 4. The fraction of sp³-hybridized carbons (Fsp3) is 0.471. The van der Waals surface area contributed by atoms with E-state index in [1.165, 1.54) is 0 Å². The van der Waals surface area contributed by atoms with Crippen LogP contribution < -0.4 is 21.3 Å². The third kappa shape index (κ3) is 4.03. The van der Waals surface area contributed by atoms with Gasteiger partial charge in [-0.3, -0.25) is 10.1 Å². The third-order valence-corrected chi connectivity index (χ3v) is 4.16. The second-order valence-electron chi connectivity index (χ2n) is 6.94. The summed E-state index contributed by atoms with van der Waals surface area (Å²) < 4.78 is 7.12. The molecule has 0 bridgehead atoms. The van der Waals surface area contributed by atoms with E-state index < -0.39 is 11.9 Å². The topological polar surface area (TPSA) is 135 Å². The van der Waals surface area contributed by atoms with Crippen LogP contribution in [0.5, 0.6) is 0 Å². The molecule has 4 N–H and O–H groups in total. The van der Waals surface area contributed by atoms with Gasteiger partial charge in [-0.2, -0.15) is 19.6 Å². The average molecular weight is 386 g/mol. The van der Waals surface area contributed by atoms with E-state index in [4.69, 9.17) is 4.74 Å². The highest BCUT2D eigenvalue weighted by molar-refractivity contribution is 6.14. The number of carbonyl (C=O) groups excluding carboxylic acids is 2. The summed E-state index contributed by atoms with van der Waals surface area (Å²) in [5.74, 6) is 0.520. The van der Waals surface area contributed by atoms with E-state index in [0.717, 1.165) is 12.8 Å². The number of hydrogen-bond donors (Lipinski definition) is 4. The first-order valence-electron chi connectivity index (χ1n) is 9.21. The Morgan fingerprint density at radius 3 is 2.82 bits per heavy atom. The van der Waals surface area contributed by atoms with Gasteiger partial charge in [0.2, 0.25) is 11.9 Å². The predicted octanol–water partition coefficient (Wildman–Crippen LogP) is 0.716. The van der Waals surface area contributed by atoms with Crippen molar-refractivity contribution in [1.82, 2.24) is 30.2 Å². The standard InChI is InChI=1S/C17H22N8O3/c1-9(2)28-6-5-18-15-22-13-10(7-12-14(26)23-17(27)21-12)8-19-25(13)16(24-15)20-11-3-4-11/h7-9,11H,3-6H2,1-2H3,(H2,18,20,22,24)(H2,21,23,26,27)/b12-7-. The van der Waals surface area contributed by atoms with Crippen molar-refractivity contribution in [2.45, 2.75) is 38.8 Å². The predicted molar refractivity (Wildman–Crippen MR) is 102 cm³/mol. The fourth-order valence-electron chi connectivity index (χ4n) is 2.67. The molecule has 0 spiro atoms. The largest absolute Gasteiger partial charge is 0.377 e. The molecule has 0 unspecified atom stereocenters. The lowest BCUT2D eigenvalue weighted by molar-refractivity contribution is -0.115. The van der Waals surface area contributed by atoms with E-state index in [1.807, 2.05) is 13.8 Å². The van der Waals surface area contributed by atoms with Gasteiger partial charge < -0.3 is 20.7 Å². The number of aromatic nitrogens is 4. The van der Waals surface area contributed by atoms with Gasteiger partial charge in [-0.15, -0.1) is 0 Å². The molecule has 2 aromatic rings. The molecule has 2 aromatic heterocycles. The van der Waals surface area contributed by atoms with Gasteiger partial charge >= 0.3 is 6.03 Å². The molecule has 0 atom stereocenters. The molecule has 2 fully saturated rings. The van der Waals surface area contributed by atoms with Gasteiger partial charge in [-0.1, -0.05) is 0 Å². The normalized spacial score (nSPS) is 18.0. The SMILES string of the molecule is CC(C)OCCNc1nc(NC2CC2)n2ncc(/C=C3\NC(=O)NC3=O)c2n1. The smallest absolute Gasteiger partial charge is 0.326 e. The van der Waals surface area contributed by atoms with Gasteiger partial charge in [0.25, 0.3) is 5.91 Å². The van der Waals surface area contributed by atoms with E-state index in [2.05, 4.69) is 36.3 Å². The van der Waals surface area contributed by atoms with Crippen molar-refractivity contribution in [3.05, 3.63) is 17.5 Å². The van der Waals surface area contributed by atoms with Crippen molar-refractivity contribution in [2.24, 2.45) is 0 Å². The summed E-state index contributed by atoms with van der Waals surface area (Å²) in [4.78, 5) is 32.2. The molecular formula is C17H22N8O3. The van der Waals surface area contributed by atoms with Crippen LogP contribution in [0.1, 0.15) is 32.3 Å². The minimum absolute atomic E-state index is 0.148. The Balaban J connectivity index is 1.63. The van der Waals surface area contributed by atoms with E-state index in [-0.39, 0.29) is 11.8 Å². The number of fused-ring (bicyclic) bond motifs is 1.